The van der Waals surface area contributed by atoms with Gasteiger partial charge in [0.1, 0.15) is 11.8 Å². The number of ether oxygens (including phenoxy) is 1. The zero-order valence-electron chi connectivity index (χ0n) is 13.4. The van der Waals surface area contributed by atoms with E-state index < -0.39 is 11.9 Å². The van der Waals surface area contributed by atoms with Crippen molar-refractivity contribution in [3.8, 4) is 11.8 Å². The summed E-state index contributed by atoms with van der Waals surface area (Å²) in [6.07, 6.45) is 1.36. The van der Waals surface area contributed by atoms with Gasteiger partial charge in [-0.2, -0.15) is 5.26 Å². The minimum Gasteiger partial charge on any atom is -0.496 e. The van der Waals surface area contributed by atoms with E-state index in [1.807, 2.05) is 0 Å². The third kappa shape index (κ3) is 3.08. The van der Waals surface area contributed by atoms with Gasteiger partial charge in [-0.25, -0.2) is 0 Å². The third-order valence-electron chi connectivity index (χ3n) is 3.91. The number of rotatable bonds is 4. The summed E-state index contributed by atoms with van der Waals surface area (Å²) < 4.78 is 5.25. The van der Waals surface area contributed by atoms with E-state index in [1.54, 1.807) is 48.5 Å². The Balaban J connectivity index is 1.98. The van der Waals surface area contributed by atoms with E-state index in [4.69, 9.17) is 4.74 Å². The number of pyridine rings is 1. The number of nitrogens with zero attached hydrogens (tertiary/aromatic N) is 1. The van der Waals surface area contributed by atoms with Gasteiger partial charge in [0.2, 0.25) is 0 Å². The van der Waals surface area contributed by atoms with Crippen molar-refractivity contribution >= 4 is 16.7 Å². The molecule has 1 amide bonds. The van der Waals surface area contributed by atoms with Crippen LogP contribution in [0.3, 0.4) is 0 Å². The molecule has 0 aliphatic carbocycles. The number of aromatic amines is 1. The van der Waals surface area contributed by atoms with Gasteiger partial charge in [0, 0.05) is 22.5 Å². The molecule has 2 aromatic carbocycles. The van der Waals surface area contributed by atoms with E-state index in [-0.39, 0.29) is 5.56 Å². The number of hydrogen-bond donors (Lipinski definition) is 2. The second-order valence-corrected chi connectivity index (χ2v) is 5.35. The minimum absolute atomic E-state index is 0.270. The van der Waals surface area contributed by atoms with Crippen LogP contribution in [0, 0.1) is 11.3 Å². The first-order valence-electron chi connectivity index (χ1n) is 7.59. The fourth-order valence-electron chi connectivity index (χ4n) is 2.69. The normalized spacial score (nSPS) is 11.5. The molecule has 0 aliphatic heterocycles. The van der Waals surface area contributed by atoms with Gasteiger partial charge in [-0.1, -0.05) is 36.4 Å². The summed E-state index contributed by atoms with van der Waals surface area (Å²) in [5.74, 6) is 0.0607. The van der Waals surface area contributed by atoms with E-state index in [0.717, 1.165) is 0 Å². The summed E-state index contributed by atoms with van der Waals surface area (Å²) in [6.45, 7) is 0. The second kappa shape index (κ2) is 6.89. The Morgan fingerprint density at radius 1 is 1.16 bits per heavy atom. The van der Waals surface area contributed by atoms with Crippen molar-refractivity contribution in [2.45, 2.75) is 6.04 Å². The molecular weight excluding hydrogens is 318 g/mol. The Bertz CT molecular complexity index is 1030. The van der Waals surface area contributed by atoms with Crippen molar-refractivity contribution in [2.75, 3.05) is 7.11 Å². The molecule has 25 heavy (non-hydrogen) atoms. The molecule has 3 rings (SSSR count). The Hall–Kier alpha value is -3.59. The van der Waals surface area contributed by atoms with Crippen molar-refractivity contribution in [3.05, 3.63) is 76.2 Å². The smallest absolute Gasteiger partial charge is 0.255 e. The summed E-state index contributed by atoms with van der Waals surface area (Å²) in [6, 6.07) is 15.0. The van der Waals surface area contributed by atoms with Gasteiger partial charge in [-0.3, -0.25) is 9.59 Å². The van der Waals surface area contributed by atoms with Crippen LogP contribution >= 0.6 is 0 Å². The maximum Gasteiger partial charge on any atom is 0.255 e. The number of hydrogen-bond acceptors (Lipinski definition) is 4. The average Bonchev–Trinajstić information content (AvgIpc) is 2.66. The first-order chi connectivity index (χ1) is 12.2. The number of carbonyl (C=O) groups is 1. The second-order valence-electron chi connectivity index (χ2n) is 5.35. The van der Waals surface area contributed by atoms with Gasteiger partial charge in [-0.15, -0.1) is 0 Å². The zero-order chi connectivity index (χ0) is 17.8. The standard InChI is InChI=1S/C19H15N3O3/c1-25-17-9-5-4-8-14(17)16(10-20)22-19(24)15-11-21-18(23)13-7-3-2-6-12(13)15/h2-9,11,16H,1H3,(H,21,23)(H,22,24)/t16-/m0/s1. The van der Waals surface area contributed by atoms with Gasteiger partial charge in [0.25, 0.3) is 11.5 Å². The van der Waals surface area contributed by atoms with Crippen LogP contribution in [0.15, 0.2) is 59.5 Å². The molecule has 1 atom stereocenters. The maximum absolute atomic E-state index is 12.7. The van der Waals surface area contributed by atoms with E-state index in [1.165, 1.54) is 13.3 Å². The lowest BCUT2D eigenvalue weighted by Crippen LogP contribution is -2.28. The number of methoxy groups -OCH3 is 1. The highest BCUT2D eigenvalue weighted by atomic mass is 16.5. The predicted octanol–water partition coefficient (Wildman–Crippen LogP) is 2.53. The maximum atomic E-state index is 12.7. The highest BCUT2D eigenvalue weighted by Crippen LogP contribution is 2.25. The molecule has 0 unspecified atom stereocenters. The van der Waals surface area contributed by atoms with Gasteiger partial charge < -0.3 is 15.0 Å². The molecule has 1 heterocycles. The van der Waals surface area contributed by atoms with Gasteiger partial charge >= 0.3 is 0 Å². The molecule has 6 nitrogen and oxygen atoms in total. The Morgan fingerprint density at radius 3 is 2.56 bits per heavy atom. The molecule has 0 fully saturated rings. The van der Waals surface area contributed by atoms with Gasteiger partial charge in [-0.05, 0) is 12.1 Å². The molecule has 0 spiro atoms. The number of amides is 1. The first-order valence-corrected chi connectivity index (χ1v) is 7.59. The Labute approximate surface area is 143 Å². The predicted molar refractivity (Wildman–Crippen MR) is 93.4 cm³/mol. The SMILES string of the molecule is COc1ccccc1[C@H](C#N)NC(=O)c1c[nH]c(=O)c2ccccc12. The lowest BCUT2D eigenvalue weighted by atomic mass is 10.0. The molecule has 6 heteroatoms. The summed E-state index contributed by atoms with van der Waals surface area (Å²) in [5.41, 5.74) is 0.591. The average molecular weight is 333 g/mol. The van der Waals surface area contributed by atoms with Crippen molar-refractivity contribution < 1.29 is 9.53 Å². The molecule has 1 aromatic heterocycles. The number of nitrogens with one attached hydrogen (secondary N) is 2. The number of H-pyrrole nitrogens is 1. The first kappa shape index (κ1) is 16.3. The zero-order valence-corrected chi connectivity index (χ0v) is 13.4. The third-order valence-corrected chi connectivity index (χ3v) is 3.91. The van der Waals surface area contributed by atoms with Crippen molar-refractivity contribution in [1.29, 1.82) is 5.26 Å². The van der Waals surface area contributed by atoms with E-state index in [0.29, 0.717) is 27.6 Å². The number of nitriles is 1. The lowest BCUT2D eigenvalue weighted by Gasteiger charge is -2.15. The van der Waals surface area contributed by atoms with Crippen molar-refractivity contribution in [1.82, 2.24) is 10.3 Å². The molecule has 0 radical (unpaired) electrons. The minimum atomic E-state index is -0.880. The molecule has 2 N–H and O–H groups in total. The van der Waals surface area contributed by atoms with Crippen molar-refractivity contribution in [2.24, 2.45) is 0 Å². The highest BCUT2D eigenvalue weighted by molar-refractivity contribution is 6.06. The Morgan fingerprint density at radius 2 is 1.84 bits per heavy atom. The summed E-state index contributed by atoms with van der Waals surface area (Å²) >= 11 is 0. The molecule has 124 valence electrons. The molecule has 0 bridgehead atoms. The van der Waals surface area contributed by atoms with Gasteiger partial charge in [0.15, 0.2) is 0 Å². The molecule has 3 aromatic rings. The van der Waals surface area contributed by atoms with Crippen LogP contribution in [0.4, 0.5) is 0 Å². The van der Waals surface area contributed by atoms with Gasteiger partial charge in [0.05, 0.1) is 18.7 Å². The molecular formula is C19H15N3O3. The number of aromatic nitrogens is 1. The monoisotopic (exact) mass is 333 g/mol. The van der Waals surface area contributed by atoms with E-state index in [2.05, 4.69) is 16.4 Å². The van der Waals surface area contributed by atoms with E-state index >= 15 is 0 Å². The quantitative estimate of drug-likeness (QED) is 0.767. The van der Waals surface area contributed by atoms with Crippen LogP contribution in [-0.2, 0) is 0 Å². The highest BCUT2D eigenvalue weighted by Gasteiger charge is 2.20. The van der Waals surface area contributed by atoms with Crippen LogP contribution in [0.2, 0.25) is 0 Å². The summed E-state index contributed by atoms with van der Waals surface area (Å²) in [4.78, 5) is 27.1. The lowest BCUT2D eigenvalue weighted by molar-refractivity contribution is 0.0946. The number of para-hydroxylation sites is 1. The van der Waals surface area contributed by atoms with E-state index in [9.17, 15) is 14.9 Å². The van der Waals surface area contributed by atoms with Crippen LogP contribution in [0.1, 0.15) is 22.0 Å². The Kier molecular flexibility index (Phi) is 4.48. The van der Waals surface area contributed by atoms with Crippen LogP contribution < -0.4 is 15.6 Å². The molecule has 0 saturated carbocycles. The number of fused-ring (bicyclic) bond motifs is 1. The summed E-state index contributed by atoms with van der Waals surface area (Å²) in [5, 5.41) is 13.1. The van der Waals surface area contributed by atoms with Crippen LogP contribution in [0.5, 0.6) is 5.75 Å². The fraction of sp³-hybridized carbons (Fsp3) is 0.105. The number of carbonyl (C=O) groups excluding carboxylic acids is 1. The largest absolute Gasteiger partial charge is 0.496 e. The van der Waals surface area contributed by atoms with Crippen molar-refractivity contribution in [3.63, 3.8) is 0 Å². The van der Waals surface area contributed by atoms with Crippen LogP contribution in [-0.4, -0.2) is 18.0 Å². The summed E-state index contributed by atoms with van der Waals surface area (Å²) in [7, 11) is 1.50. The topological polar surface area (TPSA) is 95.0 Å². The van der Waals surface area contributed by atoms with Crippen LogP contribution in [0.25, 0.3) is 10.8 Å². The molecule has 0 aliphatic rings. The fourth-order valence-corrected chi connectivity index (χ4v) is 2.69. The number of benzene rings is 2. The molecule has 0 saturated heterocycles.